The van der Waals surface area contributed by atoms with E-state index in [9.17, 15) is 17.6 Å². The summed E-state index contributed by atoms with van der Waals surface area (Å²) < 4.78 is 58.7. The fraction of sp³-hybridized carbons (Fsp3) is 0.333. The summed E-state index contributed by atoms with van der Waals surface area (Å²) in [5.41, 5.74) is 0.308. The number of para-hydroxylation sites is 1. The molecule has 82 valence electrons. The number of hydrogen-bond donors (Lipinski definition) is 0. The smallest absolute Gasteiger partial charge is 0.421 e. The van der Waals surface area contributed by atoms with E-state index >= 15 is 0 Å². The van der Waals surface area contributed by atoms with Crippen molar-refractivity contribution in [2.75, 3.05) is 0 Å². The Morgan fingerprint density at radius 1 is 1.00 bits per heavy atom. The van der Waals surface area contributed by atoms with E-state index in [1.54, 1.807) is 0 Å². The summed E-state index contributed by atoms with van der Waals surface area (Å²) >= 11 is 0. The molecule has 1 aliphatic rings. The van der Waals surface area contributed by atoms with Crippen molar-refractivity contribution in [1.82, 2.24) is 0 Å². The van der Waals surface area contributed by atoms with Crippen LogP contribution < -0.4 is 9.47 Å². The minimum Gasteiger partial charge on any atom is -0.421 e. The molecule has 0 radical (unpaired) electrons. The number of benzene rings is 1. The highest BCUT2D eigenvalue weighted by atomic mass is 19.3. The van der Waals surface area contributed by atoms with Gasteiger partial charge in [0.25, 0.3) is 0 Å². The van der Waals surface area contributed by atoms with Gasteiger partial charge < -0.3 is 9.47 Å². The summed E-state index contributed by atoms with van der Waals surface area (Å²) in [5.74, 6) is -0.737. The van der Waals surface area contributed by atoms with E-state index in [1.807, 2.05) is 0 Å². The molecule has 0 atom stereocenters. The van der Waals surface area contributed by atoms with E-state index in [0.717, 1.165) is 6.07 Å². The fourth-order valence-electron chi connectivity index (χ4n) is 1.22. The van der Waals surface area contributed by atoms with Gasteiger partial charge in [0.15, 0.2) is 11.5 Å². The third-order valence-corrected chi connectivity index (χ3v) is 1.98. The Morgan fingerprint density at radius 3 is 2.27 bits per heavy atom. The third-order valence-electron chi connectivity index (χ3n) is 1.98. The number of fused-ring (bicyclic) bond motifs is 1. The average molecular weight is 222 g/mol. The van der Waals surface area contributed by atoms with E-state index in [1.165, 1.54) is 19.1 Å². The predicted octanol–water partition coefficient (Wildman–Crippen LogP) is 2.95. The first-order valence-corrected chi connectivity index (χ1v) is 4.07. The Bertz CT molecular complexity index is 403. The molecule has 0 amide bonds. The van der Waals surface area contributed by atoms with Crippen molar-refractivity contribution < 1.29 is 27.0 Å². The van der Waals surface area contributed by atoms with Crippen molar-refractivity contribution in [1.29, 1.82) is 0 Å². The molecule has 2 rings (SSSR count). The maximum atomic E-state index is 12.7. The molecule has 15 heavy (non-hydrogen) atoms. The highest BCUT2D eigenvalue weighted by Gasteiger charge is 2.66. The predicted molar refractivity (Wildman–Crippen MR) is 42.3 cm³/mol. The van der Waals surface area contributed by atoms with E-state index in [-0.39, 0.29) is 11.5 Å². The summed E-state index contributed by atoms with van der Waals surface area (Å²) in [5, 5.41) is 0. The lowest BCUT2D eigenvalue weighted by molar-refractivity contribution is -0.391. The maximum Gasteiger partial charge on any atom is 0.507 e. The lowest BCUT2D eigenvalue weighted by Crippen LogP contribution is -2.52. The van der Waals surface area contributed by atoms with E-state index in [4.69, 9.17) is 0 Å². The average Bonchev–Trinajstić information content (AvgIpc) is 2.08. The summed E-state index contributed by atoms with van der Waals surface area (Å²) in [7, 11) is 0. The van der Waals surface area contributed by atoms with E-state index in [2.05, 4.69) is 9.47 Å². The van der Waals surface area contributed by atoms with Gasteiger partial charge in [0, 0.05) is 0 Å². The van der Waals surface area contributed by atoms with Gasteiger partial charge in [-0.05, 0) is 18.6 Å². The molecule has 0 fully saturated rings. The first kappa shape index (κ1) is 10.1. The molecule has 1 heterocycles. The van der Waals surface area contributed by atoms with Gasteiger partial charge in [0.2, 0.25) is 0 Å². The second-order valence-corrected chi connectivity index (χ2v) is 3.14. The third kappa shape index (κ3) is 1.40. The van der Waals surface area contributed by atoms with Gasteiger partial charge in [-0.1, -0.05) is 12.1 Å². The Balaban J connectivity index is 2.52. The minimum absolute atomic E-state index is 0.308. The first-order valence-electron chi connectivity index (χ1n) is 4.07. The van der Waals surface area contributed by atoms with Crippen molar-refractivity contribution >= 4 is 0 Å². The Kier molecular flexibility index (Phi) is 1.86. The second-order valence-electron chi connectivity index (χ2n) is 3.14. The standard InChI is InChI=1S/C9H6F4O2/c1-5-3-2-4-6-7(5)15-9(12,13)8(10,11)14-6/h2-4H,1H3. The van der Waals surface area contributed by atoms with Crippen LogP contribution in [0, 0.1) is 6.92 Å². The molecule has 0 spiro atoms. The van der Waals surface area contributed by atoms with Gasteiger partial charge in [-0.3, -0.25) is 0 Å². The lowest BCUT2D eigenvalue weighted by Gasteiger charge is -2.32. The molecule has 0 saturated heterocycles. The van der Waals surface area contributed by atoms with Crippen molar-refractivity contribution in [3.63, 3.8) is 0 Å². The van der Waals surface area contributed by atoms with Crippen LogP contribution in [0.15, 0.2) is 18.2 Å². The highest BCUT2D eigenvalue weighted by Crippen LogP contribution is 2.47. The number of hydrogen-bond acceptors (Lipinski definition) is 2. The quantitative estimate of drug-likeness (QED) is 0.628. The largest absolute Gasteiger partial charge is 0.507 e. The normalized spacial score (nSPS) is 21.1. The molecule has 6 heteroatoms. The maximum absolute atomic E-state index is 12.7. The topological polar surface area (TPSA) is 18.5 Å². The van der Waals surface area contributed by atoms with E-state index in [0.29, 0.717) is 5.56 Å². The van der Waals surface area contributed by atoms with Gasteiger partial charge in [0.1, 0.15) is 0 Å². The van der Waals surface area contributed by atoms with E-state index < -0.39 is 12.2 Å². The molecule has 1 aromatic rings. The fourth-order valence-corrected chi connectivity index (χ4v) is 1.22. The number of halogens is 4. The van der Waals surface area contributed by atoms with Crippen LogP contribution in [0.1, 0.15) is 5.56 Å². The second kappa shape index (κ2) is 2.77. The number of ether oxygens (including phenoxy) is 2. The Morgan fingerprint density at radius 2 is 1.60 bits per heavy atom. The summed E-state index contributed by atoms with van der Waals surface area (Å²) in [6.45, 7) is 1.46. The highest BCUT2D eigenvalue weighted by molar-refractivity contribution is 5.47. The van der Waals surface area contributed by atoms with Crippen molar-refractivity contribution in [2.45, 2.75) is 19.1 Å². The summed E-state index contributed by atoms with van der Waals surface area (Å²) in [4.78, 5) is 0. The molecule has 0 aromatic heterocycles. The molecule has 1 aliphatic heterocycles. The van der Waals surface area contributed by atoms with Crippen molar-refractivity contribution in [3.05, 3.63) is 23.8 Å². The van der Waals surface area contributed by atoms with Crippen LogP contribution in [-0.2, 0) is 0 Å². The number of alkyl halides is 4. The van der Waals surface area contributed by atoms with Crippen molar-refractivity contribution in [2.24, 2.45) is 0 Å². The van der Waals surface area contributed by atoms with Crippen LogP contribution in [-0.4, -0.2) is 12.2 Å². The van der Waals surface area contributed by atoms with Gasteiger partial charge in [-0.25, -0.2) is 0 Å². The zero-order valence-corrected chi connectivity index (χ0v) is 7.56. The van der Waals surface area contributed by atoms with Gasteiger partial charge in [0.05, 0.1) is 0 Å². The molecular formula is C9H6F4O2. The SMILES string of the molecule is Cc1cccc2c1OC(F)(F)C(F)(F)O2. The first-order chi connectivity index (χ1) is 6.83. The Hall–Kier alpha value is -1.46. The monoisotopic (exact) mass is 222 g/mol. The molecule has 0 unspecified atom stereocenters. The van der Waals surface area contributed by atoms with Gasteiger partial charge in [-0.2, -0.15) is 17.6 Å². The van der Waals surface area contributed by atoms with Crippen LogP contribution >= 0.6 is 0 Å². The Labute approximate surface area is 82.4 Å². The van der Waals surface area contributed by atoms with Crippen LogP contribution in [0.5, 0.6) is 11.5 Å². The van der Waals surface area contributed by atoms with Crippen LogP contribution in [0.2, 0.25) is 0 Å². The number of rotatable bonds is 0. The van der Waals surface area contributed by atoms with Crippen LogP contribution in [0.25, 0.3) is 0 Å². The molecule has 1 aromatic carbocycles. The lowest BCUT2D eigenvalue weighted by atomic mass is 10.2. The van der Waals surface area contributed by atoms with Gasteiger partial charge in [-0.15, -0.1) is 0 Å². The molecule has 0 bridgehead atoms. The zero-order chi connectivity index (χ0) is 11.3. The summed E-state index contributed by atoms with van der Waals surface area (Å²) in [6.07, 6.45) is -9.29. The molecule has 0 N–H and O–H groups in total. The minimum atomic E-state index is -4.65. The number of aryl methyl sites for hydroxylation is 1. The van der Waals surface area contributed by atoms with Crippen LogP contribution in [0.4, 0.5) is 17.6 Å². The summed E-state index contributed by atoms with van der Waals surface area (Å²) in [6, 6.07) is 4.02. The molecule has 0 saturated carbocycles. The van der Waals surface area contributed by atoms with Crippen molar-refractivity contribution in [3.8, 4) is 11.5 Å². The van der Waals surface area contributed by atoms with Crippen LogP contribution in [0.3, 0.4) is 0 Å². The zero-order valence-electron chi connectivity index (χ0n) is 7.56. The molecular weight excluding hydrogens is 216 g/mol. The molecule has 0 aliphatic carbocycles. The molecule has 2 nitrogen and oxygen atoms in total. The van der Waals surface area contributed by atoms with Gasteiger partial charge >= 0.3 is 12.2 Å².